The number of amides is 1. The fourth-order valence-corrected chi connectivity index (χ4v) is 3.00. The summed E-state index contributed by atoms with van der Waals surface area (Å²) in [6, 6.07) is 2.88. The lowest BCUT2D eigenvalue weighted by molar-refractivity contribution is -0.385. The summed E-state index contributed by atoms with van der Waals surface area (Å²) in [5, 5.41) is 25.3. The lowest BCUT2D eigenvalue weighted by Gasteiger charge is -2.35. The molecule has 1 aromatic rings. The van der Waals surface area contributed by atoms with E-state index in [9.17, 15) is 14.9 Å². The molecule has 0 saturated carbocycles. The number of pyridine rings is 1. The van der Waals surface area contributed by atoms with Gasteiger partial charge >= 0.3 is 0 Å². The second-order valence-electron chi connectivity index (χ2n) is 8.43. The van der Waals surface area contributed by atoms with Crippen molar-refractivity contribution in [2.75, 3.05) is 31.6 Å². The van der Waals surface area contributed by atoms with Crippen LogP contribution in [0.25, 0.3) is 0 Å². The Bertz CT molecular complexity index is 760. The lowest BCUT2D eigenvalue weighted by atomic mass is 9.77. The quantitative estimate of drug-likeness (QED) is 0.274. The lowest BCUT2D eigenvalue weighted by Crippen LogP contribution is -2.37. The molecule has 0 spiro atoms. The second-order valence-corrected chi connectivity index (χ2v) is 8.43. The van der Waals surface area contributed by atoms with Crippen LogP contribution in [0.15, 0.2) is 30.2 Å². The summed E-state index contributed by atoms with van der Waals surface area (Å²) in [6.45, 7) is 7.63. The average molecular weight is 437 g/mol. The molecule has 0 saturated heterocycles. The van der Waals surface area contributed by atoms with Crippen LogP contribution in [0.1, 0.15) is 40.0 Å². The van der Waals surface area contributed by atoms with Crippen molar-refractivity contribution in [1.82, 2.24) is 10.3 Å². The second kappa shape index (κ2) is 11.6. The molecular weight excluding hydrogens is 404 g/mol. The largest absolute Gasteiger partial charge is 0.459 e. The molecule has 10 nitrogen and oxygen atoms in total. The highest BCUT2D eigenvalue weighted by Crippen LogP contribution is 2.36. The van der Waals surface area contributed by atoms with Crippen molar-refractivity contribution in [2.45, 2.75) is 46.3 Å². The highest BCUT2D eigenvalue weighted by Gasteiger charge is 2.33. The number of anilines is 1. The van der Waals surface area contributed by atoms with Crippen LogP contribution < -0.4 is 10.6 Å². The maximum atomic E-state index is 12.6. The van der Waals surface area contributed by atoms with E-state index >= 15 is 0 Å². The smallest absolute Gasteiger partial charge is 0.287 e. The highest BCUT2D eigenvalue weighted by atomic mass is 16.7. The number of nitro groups is 1. The number of ether oxygens (including phenoxy) is 2. The number of nitrogens with one attached hydrogen (secondary N) is 2. The number of allylic oxidation sites excluding steroid dienone is 1. The van der Waals surface area contributed by atoms with E-state index in [2.05, 4.69) is 36.4 Å². The summed E-state index contributed by atoms with van der Waals surface area (Å²) >= 11 is 0. The predicted molar refractivity (Wildman–Crippen MR) is 115 cm³/mol. The van der Waals surface area contributed by atoms with Crippen molar-refractivity contribution in [3.8, 4) is 0 Å². The molecule has 1 aromatic heterocycles. The number of carbonyl (C=O) groups is 1. The molecule has 31 heavy (non-hydrogen) atoms. The molecule has 172 valence electrons. The summed E-state index contributed by atoms with van der Waals surface area (Å²) in [6.07, 6.45) is 4.58. The first-order chi connectivity index (χ1) is 14.7. The minimum absolute atomic E-state index is 0.0504. The Balaban J connectivity index is 1.85. The third-order valence-corrected chi connectivity index (χ3v) is 4.93. The number of rotatable bonds is 11. The van der Waals surface area contributed by atoms with Gasteiger partial charge in [-0.3, -0.25) is 14.9 Å². The van der Waals surface area contributed by atoms with Crippen LogP contribution in [-0.4, -0.2) is 53.5 Å². The number of hydrogen-bond acceptors (Lipinski definition) is 8. The van der Waals surface area contributed by atoms with E-state index in [0.717, 1.165) is 6.42 Å². The first-order valence-corrected chi connectivity index (χ1v) is 10.4. The first kappa shape index (κ1) is 24.5. The van der Waals surface area contributed by atoms with Gasteiger partial charge in [0.05, 0.1) is 11.5 Å². The van der Waals surface area contributed by atoms with Gasteiger partial charge in [-0.2, -0.15) is 0 Å². The number of hydrogen-bond donors (Lipinski definition) is 3. The molecule has 2 atom stereocenters. The molecule has 0 aromatic carbocycles. The van der Waals surface area contributed by atoms with Crippen LogP contribution in [0.3, 0.4) is 0 Å². The maximum absolute atomic E-state index is 12.6. The van der Waals surface area contributed by atoms with Gasteiger partial charge in [0, 0.05) is 32.2 Å². The molecule has 0 aliphatic carbocycles. The first-order valence-electron chi connectivity index (χ1n) is 10.4. The van der Waals surface area contributed by atoms with Crippen LogP contribution in [0.4, 0.5) is 11.5 Å². The summed E-state index contributed by atoms with van der Waals surface area (Å²) in [5.74, 6) is 0.521. The standard InChI is InChI=1S/C21H32N4O6/c1-21(2,3)15-12-17(31-19(13-15)30-11-5-4-10-26)20(27)23-9-8-22-18-7-6-16(14-24-18)25(28)29/h6-7,12,14-15,19,26H,4-5,8-11,13H2,1-3H3,(H,22,24)(H,23,27)/t15-,19+/m1/s1. The van der Waals surface area contributed by atoms with Crippen molar-refractivity contribution in [2.24, 2.45) is 11.3 Å². The maximum Gasteiger partial charge on any atom is 0.287 e. The summed E-state index contributed by atoms with van der Waals surface area (Å²) in [5.41, 5.74) is -0.132. The Morgan fingerprint density at radius 1 is 1.35 bits per heavy atom. The third-order valence-electron chi connectivity index (χ3n) is 4.93. The van der Waals surface area contributed by atoms with Gasteiger partial charge in [0.25, 0.3) is 11.6 Å². The van der Waals surface area contributed by atoms with Gasteiger partial charge in [0.1, 0.15) is 12.0 Å². The third kappa shape index (κ3) is 8.14. The number of nitrogens with zero attached hydrogens (tertiary/aromatic N) is 2. The Kier molecular flexibility index (Phi) is 9.20. The van der Waals surface area contributed by atoms with Gasteiger partial charge in [-0.15, -0.1) is 0 Å². The fraction of sp³-hybridized carbons (Fsp3) is 0.619. The predicted octanol–water partition coefficient (Wildman–Crippen LogP) is 2.60. The van der Waals surface area contributed by atoms with Gasteiger partial charge in [-0.1, -0.05) is 20.8 Å². The monoisotopic (exact) mass is 436 g/mol. The SMILES string of the molecule is CC(C)(C)[C@@H]1C=C(C(=O)NCCNc2ccc([N+](=O)[O-])cn2)O[C@H](OCCCCO)C1. The Morgan fingerprint density at radius 2 is 2.13 bits per heavy atom. The van der Waals surface area contributed by atoms with Gasteiger partial charge < -0.3 is 25.2 Å². The van der Waals surface area contributed by atoms with E-state index in [-0.39, 0.29) is 35.3 Å². The van der Waals surface area contributed by atoms with Crippen LogP contribution >= 0.6 is 0 Å². The summed E-state index contributed by atoms with van der Waals surface area (Å²) in [7, 11) is 0. The zero-order valence-corrected chi connectivity index (χ0v) is 18.3. The van der Waals surface area contributed by atoms with Gasteiger partial charge in [0.15, 0.2) is 5.76 Å². The molecule has 2 rings (SSSR count). The molecule has 0 bridgehead atoms. The zero-order valence-electron chi connectivity index (χ0n) is 18.3. The minimum Gasteiger partial charge on any atom is -0.459 e. The summed E-state index contributed by atoms with van der Waals surface area (Å²) in [4.78, 5) is 26.7. The Morgan fingerprint density at radius 3 is 2.74 bits per heavy atom. The minimum atomic E-state index is -0.511. The van der Waals surface area contributed by atoms with Crippen LogP contribution in [0, 0.1) is 21.4 Å². The topological polar surface area (TPSA) is 136 Å². The van der Waals surface area contributed by atoms with Crippen LogP contribution in [0.2, 0.25) is 0 Å². The Hall–Kier alpha value is -2.72. The van der Waals surface area contributed by atoms with E-state index in [1.807, 2.05) is 6.08 Å². The van der Waals surface area contributed by atoms with E-state index in [0.29, 0.717) is 38.4 Å². The molecule has 0 unspecified atom stereocenters. The van der Waals surface area contributed by atoms with Crippen LogP contribution in [0.5, 0.6) is 0 Å². The van der Waals surface area contributed by atoms with Crippen molar-refractivity contribution in [3.05, 3.63) is 40.3 Å². The number of unbranched alkanes of at least 4 members (excludes halogenated alkanes) is 1. The van der Waals surface area contributed by atoms with Crippen molar-refractivity contribution in [1.29, 1.82) is 0 Å². The number of aliphatic hydroxyl groups excluding tert-OH is 1. The molecule has 10 heteroatoms. The van der Waals surface area contributed by atoms with Crippen molar-refractivity contribution >= 4 is 17.4 Å². The Labute approximate surface area is 182 Å². The van der Waals surface area contributed by atoms with Gasteiger partial charge in [-0.25, -0.2) is 4.98 Å². The van der Waals surface area contributed by atoms with Gasteiger partial charge in [-0.05, 0) is 36.3 Å². The van der Waals surface area contributed by atoms with E-state index in [1.165, 1.54) is 18.3 Å². The van der Waals surface area contributed by atoms with Gasteiger partial charge in [0.2, 0.25) is 6.29 Å². The molecule has 0 radical (unpaired) electrons. The normalized spacial score (nSPS) is 18.6. The fourth-order valence-electron chi connectivity index (χ4n) is 3.00. The highest BCUT2D eigenvalue weighted by molar-refractivity contribution is 5.91. The molecule has 1 amide bonds. The molecule has 3 N–H and O–H groups in total. The van der Waals surface area contributed by atoms with E-state index in [1.54, 1.807) is 0 Å². The van der Waals surface area contributed by atoms with Crippen molar-refractivity contribution in [3.63, 3.8) is 0 Å². The zero-order chi connectivity index (χ0) is 22.9. The molecule has 2 heterocycles. The summed E-state index contributed by atoms with van der Waals surface area (Å²) < 4.78 is 11.6. The number of aliphatic hydroxyl groups is 1. The number of carbonyl (C=O) groups excluding carboxylic acids is 1. The molecule has 1 aliphatic heterocycles. The molecule has 0 fully saturated rings. The van der Waals surface area contributed by atoms with E-state index < -0.39 is 11.2 Å². The van der Waals surface area contributed by atoms with Crippen molar-refractivity contribution < 1.29 is 24.3 Å². The van der Waals surface area contributed by atoms with Crippen LogP contribution in [-0.2, 0) is 14.3 Å². The average Bonchev–Trinajstić information content (AvgIpc) is 2.73. The van der Waals surface area contributed by atoms with E-state index in [4.69, 9.17) is 14.6 Å². The molecule has 1 aliphatic rings. The molecular formula is C21H32N4O6. The number of aromatic nitrogens is 1.